The highest BCUT2D eigenvalue weighted by molar-refractivity contribution is 5.81. The van der Waals surface area contributed by atoms with E-state index in [0.29, 0.717) is 0 Å². The van der Waals surface area contributed by atoms with Crippen molar-refractivity contribution in [3.63, 3.8) is 0 Å². The lowest BCUT2D eigenvalue weighted by molar-refractivity contribution is 0.704. The van der Waals surface area contributed by atoms with Crippen LogP contribution in [0.3, 0.4) is 0 Å². The molecule has 0 bridgehead atoms. The topological polar surface area (TPSA) is 41.6 Å². The van der Waals surface area contributed by atoms with Gasteiger partial charge in [-0.3, -0.25) is 4.99 Å². The van der Waals surface area contributed by atoms with Gasteiger partial charge < -0.3 is 10.6 Å². The predicted molar refractivity (Wildman–Crippen MR) is 67.1 cm³/mol. The van der Waals surface area contributed by atoms with Gasteiger partial charge in [-0.2, -0.15) is 0 Å². The van der Waals surface area contributed by atoms with Gasteiger partial charge in [0.2, 0.25) is 0 Å². The average molecular weight is 215 g/mol. The number of hydrogen-bond acceptors (Lipinski definition) is 3. The quantitative estimate of drug-likeness (QED) is 0.830. The van der Waals surface area contributed by atoms with Crippen LogP contribution < -0.4 is 10.6 Å². The summed E-state index contributed by atoms with van der Waals surface area (Å²) in [5, 5.41) is 0. The zero-order chi connectivity index (χ0) is 11.0. The molecule has 0 atom stereocenters. The zero-order valence-electron chi connectivity index (χ0n) is 9.39. The summed E-state index contributed by atoms with van der Waals surface area (Å²) in [6, 6.07) is 8.76. The van der Waals surface area contributed by atoms with Gasteiger partial charge in [0, 0.05) is 24.2 Å². The standard InChI is InChI=1S/C13H17N3/c14-9-13(4-5-13)11-2-1-3-12(8-11)16-7-6-15-10-16/h1-3,8,10H,4-7,9,14H2. The Kier molecular flexibility index (Phi) is 2.21. The fourth-order valence-corrected chi connectivity index (χ4v) is 2.35. The minimum absolute atomic E-state index is 0.285. The van der Waals surface area contributed by atoms with Crippen LogP contribution in [0.2, 0.25) is 0 Å². The van der Waals surface area contributed by atoms with Crippen LogP contribution in [-0.4, -0.2) is 26.0 Å². The number of aliphatic imine (C=N–C) groups is 1. The second-order valence-electron chi connectivity index (χ2n) is 4.75. The Morgan fingerprint density at radius 3 is 2.88 bits per heavy atom. The van der Waals surface area contributed by atoms with Gasteiger partial charge in [0.15, 0.2) is 0 Å². The number of hydrogen-bond donors (Lipinski definition) is 1. The molecule has 0 amide bonds. The molecule has 1 aromatic rings. The fraction of sp³-hybridized carbons (Fsp3) is 0.462. The molecule has 2 N–H and O–H groups in total. The van der Waals surface area contributed by atoms with E-state index >= 15 is 0 Å². The van der Waals surface area contributed by atoms with E-state index in [9.17, 15) is 0 Å². The summed E-state index contributed by atoms with van der Waals surface area (Å²) in [4.78, 5) is 6.45. The minimum atomic E-state index is 0.285. The zero-order valence-corrected chi connectivity index (χ0v) is 9.39. The van der Waals surface area contributed by atoms with Crippen molar-refractivity contribution in [2.75, 3.05) is 24.5 Å². The lowest BCUT2D eigenvalue weighted by Gasteiger charge is -2.18. The second kappa shape index (κ2) is 3.59. The Morgan fingerprint density at radius 2 is 2.25 bits per heavy atom. The van der Waals surface area contributed by atoms with Crippen molar-refractivity contribution in [1.82, 2.24) is 0 Å². The van der Waals surface area contributed by atoms with Crippen molar-refractivity contribution >= 4 is 12.0 Å². The molecule has 16 heavy (non-hydrogen) atoms. The van der Waals surface area contributed by atoms with E-state index in [-0.39, 0.29) is 5.41 Å². The van der Waals surface area contributed by atoms with Crippen LogP contribution in [0.25, 0.3) is 0 Å². The molecule has 1 aliphatic heterocycles. The third kappa shape index (κ3) is 1.52. The summed E-state index contributed by atoms with van der Waals surface area (Å²) in [6.45, 7) is 2.68. The van der Waals surface area contributed by atoms with Crippen LogP contribution in [0, 0.1) is 0 Å². The summed E-state index contributed by atoms with van der Waals surface area (Å²) in [6.07, 6.45) is 4.41. The third-order valence-corrected chi connectivity index (χ3v) is 3.73. The minimum Gasteiger partial charge on any atom is -0.331 e. The van der Waals surface area contributed by atoms with E-state index < -0.39 is 0 Å². The molecule has 1 aromatic carbocycles. The molecule has 1 aliphatic carbocycles. The summed E-state index contributed by atoms with van der Waals surface area (Å²) >= 11 is 0. The molecular formula is C13H17N3. The molecule has 0 aromatic heterocycles. The van der Waals surface area contributed by atoms with Gasteiger partial charge in [-0.1, -0.05) is 12.1 Å². The molecule has 3 heteroatoms. The van der Waals surface area contributed by atoms with Crippen molar-refractivity contribution < 1.29 is 0 Å². The van der Waals surface area contributed by atoms with Crippen LogP contribution in [0.5, 0.6) is 0 Å². The van der Waals surface area contributed by atoms with Crippen molar-refractivity contribution in [3.8, 4) is 0 Å². The van der Waals surface area contributed by atoms with Crippen LogP contribution in [-0.2, 0) is 5.41 Å². The van der Waals surface area contributed by atoms with Crippen molar-refractivity contribution in [1.29, 1.82) is 0 Å². The van der Waals surface area contributed by atoms with Crippen LogP contribution in [0.4, 0.5) is 5.69 Å². The van der Waals surface area contributed by atoms with Crippen molar-refractivity contribution in [2.45, 2.75) is 18.3 Å². The highest BCUT2D eigenvalue weighted by Gasteiger charge is 2.42. The SMILES string of the molecule is NCC1(c2cccc(N3C=NCC3)c2)CC1. The Balaban J connectivity index is 1.91. The molecule has 0 unspecified atom stereocenters. The Morgan fingerprint density at radius 1 is 1.38 bits per heavy atom. The Labute approximate surface area is 96.0 Å². The highest BCUT2D eigenvalue weighted by atomic mass is 15.2. The first kappa shape index (κ1) is 9.85. The Bertz CT molecular complexity index is 421. The van der Waals surface area contributed by atoms with Crippen LogP contribution in [0.15, 0.2) is 29.3 Å². The molecular weight excluding hydrogens is 198 g/mol. The monoisotopic (exact) mass is 215 g/mol. The maximum Gasteiger partial charge on any atom is 0.0895 e. The molecule has 0 radical (unpaired) electrons. The van der Waals surface area contributed by atoms with Gasteiger partial charge in [0.05, 0.1) is 12.9 Å². The predicted octanol–water partition coefficient (Wildman–Crippen LogP) is 1.53. The second-order valence-corrected chi connectivity index (χ2v) is 4.75. The van der Waals surface area contributed by atoms with Gasteiger partial charge in [0.1, 0.15) is 0 Å². The molecule has 0 spiro atoms. The molecule has 1 fully saturated rings. The third-order valence-electron chi connectivity index (χ3n) is 3.73. The molecule has 84 valence electrons. The van der Waals surface area contributed by atoms with Gasteiger partial charge in [-0.05, 0) is 30.5 Å². The van der Waals surface area contributed by atoms with Crippen molar-refractivity contribution in [3.05, 3.63) is 29.8 Å². The van der Waals surface area contributed by atoms with E-state index in [1.54, 1.807) is 0 Å². The first-order valence-corrected chi connectivity index (χ1v) is 5.91. The lowest BCUT2D eigenvalue weighted by atomic mass is 9.95. The van der Waals surface area contributed by atoms with Gasteiger partial charge in [-0.15, -0.1) is 0 Å². The van der Waals surface area contributed by atoms with E-state index in [1.807, 2.05) is 6.34 Å². The molecule has 1 saturated carbocycles. The number of benzene rings is 1. The van der Waals surface area contributed by atoms with Crippen LogP contribution >= 0.6 is 0 Å². The first-order valence-electron chi connectivity index (χ1n) is 5.91. The maximum atomic E-state index is 5.86. The summed E-state index contributed by atoms with van der Waals surface area (Å²) in [7, 11) is 0. The number of nitrogens with two attached hydrogens (primary N) is 1. The molecule has 3 rings (SSSR count). The molecule has 1 heterocycles. The average Bonchev–Trinajstić information content (AvgIpc) is 2.95. The molecule has 2 aliphatic rings. The Hall–Kier alpha value is -1.35. The molecule has 0 saturated heterocycles. The van der Waals surface area contributed by atoms with Gasteiger partial charge in [0.25, 0.3) is 0 Å². The molecule has 3 nitrogen and oxygen atoms in total. The number of rotatable bonds is 3. The van der Waals surface area contributed by atoms with E-state index in [2.05, 4.69) is 34.2 Å². The van der Waals surface area contributed by atoms with E-state index in [0.717, 1.165) is 19.6 Å². The summed E-state index contributed by atoms with van der Waals surface area (Å²) in [5.41, 5.74) is 8.79. The first-order chi connectivity index (χ1) is 7.84. The number of anilines is 1. The van der Waals surface area contributed by atoms with Crippen molar-refractivity contribution in [2.24, 2.45) is 10.7 Å². The van der Waals surface area contributed by atoms with E-state index in [1.165, 1.54) is 24.1 Å². The lowest BCUT2D eigenvalue weighted by Crippen LogP contribution is -2.22. The largest absolute Gasteiger partial charge is 0.331 e. The normalized spacial score (nSPS) is 21.4. The number of nitrogens with zero attached hydrogens (tertiary/aromatic N) is 2. The smallest absolute Gasteiger partial charge is 0.0895 e. The van der Waals surface area contributed by atoms with E-state index in [4.69, 9.17) is 5.73 Å². The van der Waals surface area contributed by atoms with Gasteiger partial charge in [-0.25, -0.2) is 0 Å². The van der Waals surface area contributed by atoms with Crippen LogP contribution in [0.1, 0.15) is 18.4 Å². The summed E-state index contributed by atoms with van der Waals surface area (Å²) < 4.78 is 0. The highest BCUT2D eigenvalue weighted by Crippen LogP contribution is 2.47. The van der Waals surface area contributed by atoms with Gasteiger partial charge >= 0.3 is 0 Å². The maximum absolute atomic E-state index is 5.86. The summed E-state index contributed by atoms with van der Waals surface area (Å²) in [5.74, 6) is 0. The fourth-order valence-electron chi connectivity index (χ4n) is 2.35.